The average molecular weight is 519 g/mol. The first-order valence-corrected chi connectivity index (χ1v) is 10.5. The molecule has 0 aliphatic carbocycles. The Balaban J connectivity index is 1.48. The third-order valence-electron chi connectivity index (χ3n) is 4.82. The molecule has 1 heterocycles. The molecule has 1 aliphatic rings. The third kappa shape index (κ3) is 6.13. The number of nitro groups is 1. The molecule has 33 heavy (non-hydrogen) atoms. The monoisotopic (exact) mass is 518 g/mol. The van der Waals surface area contributed by atoms with Crippen LogP contribution < -0.4 is 10.7 Å². The van der Waals surface area contributed by atoms with Gasteiger partial charge in [-0.15, -0.1) is 0 Å². The Morgan fingerprint density at radius 3 is 2.55 bits per heavy atom. The van der Waals surface area contributed by atoms with Crippen molar-refractivity contribution in [3.63, 3.8) is 0 Å². The lowest BCUT2D eigenvalue weighted by atomic mass is 10.1. The molecule has 2 aromatic rings. The van der Waals surface area contributed by atoms with E-state index in [1.54, 1.807) is 18.2 Å². The number of nitro benzene ring substituents is 1. The van der Waals surface area contributed by atoms with Crippen molar-refractivity contribution in [3.05, 3.63) is 68.2 Å². The van der Waals surface area contributed by atoms with E-state index in [0.717, 1.165) is 15.0 Å². The molecule has 1 atom stereocenters. The maximum Gasteiger partial charge on any atom is 0.311 e. The van der Waals surface area contributed by atoms with Gasteiger partial charge in [0.1, 0.15) is 0 Å². The van der Waals surface area contributed by atoms with Crippen LogP contribution in [0, 0.1) is 23.0 Å². The molecule has 0 bridgehead atoms. The number of esters is 1. The second-order valence-corrected chi connectivity index (χ2v) is 8.12. The molecule has 0 radical (unpaired) electrons. The van der Waals surface area contributed by atoms with Crippen LogP contribution in [0.1, 0.15) is 22.3 Å². The van der Waals surface area contributed by atoms with Crippen LogP contribution in [0.15, 0.2) is 46.9 Å². The van der Waals surface area contributed by atoms with Crippen molar-refractivity contribution in [1.82, 2.24) is 10.4 Å². The van der Waals surface area contributed by atoms with Crippen molar-refractivity contribution in [2.24, 2.45) is 5.92 Å². The summed E-state index contributed by atoms with van der Waals surface area (Å²) in [6, 6.07) is 10.1. The Kier molecular flexibility index (Phi) is 7.38. The number of nitrogens with one attached hydrogen (secondary N) is 2. The van der Waals surface area contributed by atoms with Crippen LogP contribution in [0.2, 0.25) is 0 Å². The summed E-state index contributed by atoms with van der Waals surface area (Å²) in [7, 11) is 0. The number of non-ortho nitro benzene ring substituents is 1. The molecule has 2 N–H and O–H groups in total. The highest BCUT2D eigenvalue weighted by Crippen LogP contribution is 2.21. The van der Waals surface area contributed by atoms with Crippen LogP contribution in [0.5, 0.6) is 0 Å². The SMILES string of the molecule is Cc1cc(NC(=O)COC(=O)[C@@H]2CC(=O)N(NC(=O)c3ccc([N+](=O)[O-])cc3)C2)ccc1Br. The van der Waals surface area contributed by atoms with Gasteiger partial charge < -0.3 is 10.1 Å². The molecule has 0 spiro atoms. The Morgan fingerprint density at radius 2 is 1.91 bits per heavy atom. The van der Waals surface area contributed by atoms with Crippen LogP contribution in [0.3, 0.4) is 0 Å². The second-order valence-electron chi connectivity index (χ2n) is 7.27. The van der Waals surface area contributed by atoms with Crippen molar-refractivity contribution >= 4 is 51.0 Å². The number of anilines is 1. The molecule has 172 valence electrons. The van der Waals surface area contributed by atoms with Crippen LogP contribution in [-0.2, 0) is 19.1 Å². The second kappa shape index (κ2) is 10.2. The highest BCUT2D eigenvalue weighted by molar-refractivity contribution is 9.10. The molecule has 2 aromatic carbocycles. The van der Waals surface area contributed by atoms with Crippen molar-refractivity contribution < 1.29 is 28.8 Å². The van der Waals surface area contributed by atoms with E-state index in [-0.39, 0.29) is 24.2 Å². The van der Waals surface area contributed by atoms with E-state index >= 15 is 0 Å². The van der Waals surface area contributed by atoms with Crippen LogP contribution in [0.25, 0.3) is 0 Å². The number of hydrogen-bond donors (Lipinski definition) is 2. The molecule has 0 aromatic heterocycles. The number of rotatable bonds is 7. The molecule has 0 unspecified atom stereocenters. The van der Waals surface area contributed by atoms with E-state index < -0.39 is 41.1 Å². The number of carbonyl (C=O) groups excluding carboxylic acids is 4. The minimum Gasteiger partial charge on any atom is -0.455 e. The summed E-state index contributed by atoms with van der Waals surface area (Å²) in [5, 5.41) is 14.3. The van der Waals surface area contributed by atoms with Crippen molar-refractivity contribution in [3.8, 4) is 0 Å². The average Bonchev–Trinajstić information content (AvgIpc) is 3.15. The fourth-order valence-corrected chi connectivity index (χ4v) is 3.32. The van der Waals surface area contributed by atoms with Gasteiger partial charge in [0.2, 0.25) is 5.91 Å². The summed E-state index contributed by atoms with van der Waals surface area (Å²) in [5.41, 5.74) is 3.78. The van der Waals surface area contributed by atoms with Gasteiger partial charge in [0, 0.05) is 34.3 Å². The molecule has 1 saturated heterocycles. The number of hydrazine groups is 1. The fraction of sp³-hybridized carbons (Fsp3) is 0.238. The lowest BCUT2D eigenvalue weighted by molar-refractivity contribution is -0.384. The first-order chi connectivity index (χ1) is 15.6. The molecular formula is C21H19BrN4O7. The minimum absolute atomic E-state index is 0.110. The first kappa shape index (κ1) is 23.9. The van der Waals surface area contributed by atoms with Gasteiger partial charge in [-0.1, -0.05) is 15.9 Å². The van der Waals surface area contributed by atoms with Gasteiger partial charge in [-0.25, -0.2) is 0 Å². The van der Waals surface area contributed by atoms with Gasteiger partial charge in [-0.05, 0) is 42.8 Å². The number of nitrogens with zero attached hydrogens (tertiary/aromatic N) is 2. The molecule has 0 saturated carbocycles. The molecular weight excluding hydrogens is 500 g/mol. The zero-order valence-corrected chi connectivity index (χ0v) is 19.0. The standard InChI is InChI=1S/C21H19BrN4O7/c1-12-8-15(4-7-17(12)22)23-18(27)11-33-21(30)14-9-19(28)25(10-14)24-20(29)13-2-5-16(6-3-13)26(31)32/h2-8,14H,9-11H2,1H3,(H,23,27)(H,24,29)/t14-/m1/s1. The Morgan fingerprint density at radius 1 is 1.21 bits per heavy atom. The maximum atomic E-state index is 12.3. The number of hydrogen-bond acceptors (Lipinski definition) is 7. The Hall–Kier alpha value is -3.80. The molecule has 3 rings (SSSR count). The summed E-state index contributed by atoms with van der Waals surface area (Å²) >= 11 is 3.36. The molecule has 11 nitrogen and oxygen atoms in total. The summed E-state index contributed by atoms with van der Waals surface area (Å²) in [6.07, 6.45) is -0.188. The number of halogens is 1. The largest absolute Gasteiger partial charge is 0.455 e. The van der Waals surface area contributed by atoms with Gasteiger partial charge in [0.25, 0.3) is 17.5 Å². The smallest absolute Gasteiger partial charge is 0.311 e. The normalized spacial score (nSPS) is 15.2. The number of ether oxygens (including phenoxy) is 1. The topological polar surface area (TPSA) is 148 Å². The number of amides is 3. The van der Waals surface area contributed by atoms with E-state index in [2.05, 4.69) is 26.7 Å². The molecule has 12 heteroatoms. The highest BCUT2D eigenvalue weighted by atomic mass is 79.9. The van der Waals surface area contributed by atoms with E-state index in [4.69, 9.17) is 4.74 Å². The number of aryl methyl sites for hydroxylation is 1. The Bertz CT molecular complexity index is 1120. The van der Waals surface area contributed by atoms with Crippen LogP contribution >= 0.6 is 15.9 Å². The summed E-state index contributed by atoms with van der Waals surface area (Å²) < 4.78 is 5.91. The highest BCUT2D eigenvalue weighted by Gasteiger charge is 2.36. The number of carbonyl (C=O) groups is 4. The fourth-order valence-electron chi connectivity index (χ4n) is 3.07. The van der Waals surface area contributed by atoms with Gasteiger partial charge in [-0.3, -0.25) is 39.7 Å². The zero-order chi connectivity index (χ0) is 24.1. The van der Waals surface area contributed by atoms with Crippen molar-refractivity contribution in [1.29, 1.82) is 0 Å². The lowest BCUT2D eigenvalue weighted by Crippen LogP contribution is -2.43. The van der Waals surface area contributed by atoms with Crippen molar-refractivity contribution in [2.75, 3.05) is 18.5 Å². The van der Waals surface area contributed by atoms with E-state index in [1.807, 2.05) is 6.92 Å². The summed E-state index contributed by atoms with van der Waals surface area (Å²) in [4.78, 5) is 58.9. The van der Waals surface area contributed by atoms with E-state index in [9.17, 15) is 29.3 Å². The van der Waals surface area contributed by atoms with E-state index in [1.165, 1.54) is 24.3 Å². The van der Waals surface area contributed by atoms with Gasteiger partial charge in [0.15, 0.2) is 6.61 Å². The predicted molar refractivity (Wildman–Crippen MR) is 119 cm³/mol. The zero-order valence-electron chi connectivity index (χ0n) is 17.4. The Labute approximate surface area is 196 Å². The summed E-state index contributed by atoms with van der Waals surface area (Å²) in [5.74, 6) is -3.27. The van der Waals surface area contributed by atoms with Gasteiger partial charge in [-0.2, -0.15) is 0 Å². The summed E-state index contributed by atoms with van der Waals surface area (Å²) in [6.45, 7) is 1.22. The van der Waals surface area contributed by atoms with Gasteiger partial charge in [0.05, 0.1) is 17.4 Å². The van der Waals surface area contributed by atoms with Gasteiger partial charge >= 0.3 is 5.97 Å². The third-order valence-corrected chi connectivity index (χ3v) is 5.71. The molecule has 1 fully saturated rings. The number of benzene rings is 2. The quantitative estimate of drug-likeness (QED) is 0.324. The molecule has 1 aliphatic heterocycles. The molecule has 3 amide bonds. The van der Waals surface area contributed by atoms with Crippen LogP contribution in [0.4, 0.5) is 11.4 Å². The van der Waals surface area contributed by atoms with E-state index in [0.29, 0.717) is 5.69 Å². The first-order valence-electron chi connectivity index (χ1n) is 9.72. The predicted octanol–water partition coefficient (Wildman–Crippen LogP) is 2.34. The lowest BCUT2D eigenvalue weighted by Gasteiger charge is -2.17. The van der Waals surface area contributed by atoms with Crippen molar-refractivity contribution in [2.45, 2.75) is 13.3 Å². The van der Waals surface area contributed by atoms with Crippen LogP contribution in [-0.4, -0.2) is 46.8 Å². The minimum atomic E-state index is -0.850. The maximum absolute atomic E-state index is 12.3.